The van der Waals surface area contributed by atoms with Gasteiger partial charge in [-0.2, -0.15) is 0 Å². The molecule has 2 unspecified atom stereocenters. The third-order valence-electron chi connectivity index (χ3n) is 5.42. The normalized spacial score (nSPS) is 17.9. The quantitative estimate of drug-likeness (QED) is 0.634. The molecule has 2 amide bonds. The van der Waals surface area contributed by atoms with Gasteiger partial charge in [0.2, 0.25) is 5.91 Å². The third-order valence-corrected chi connectivity index (χ3v) is 5.42. The van der Waals surface area contributed by atoms with Crippen molar-refractivity contribution < 1.29 is 14.0 Å². The van der Waals surface area contributed by atoms with Crippen molar-refractivity contribution in [2.75, 3.05) is 9.80 Å². The SMILES string of the molecule is CC(=O)N(c1ccccc1)C1CC(C)N(C(=O)c2cncc(F)c2)c2ccccc21. The lowest BCUT2D eigenvalue weighted by molar-refractivity contribution is -0.117. The summed E-state index contributed by atoms with van der Waals surface area (Å²) in [6.07, 6.45) is 3.00. The van der Waals surface area contributed by atoms with Gasteiger partial charge in [-0.05, 0) is 43.2 Å². The Balaban J connectivity index is 1.79. The van der Waals surface area contributed by atoms with E-state index >= 15 is 0 Å². The van der Waals surface area contributed by atoms with Gasteiger partial charge in [0.15, 0.2) is 0 Å². The van der Waals surface area contributed by atoms with Gasteiger partial charge in [-0.3, -0.25) is 14.6 Å². The molecule has 0 N–H and O–H groups in total. The van der Waals surface area contributed by atoms with Crippen LogP contribution in [-0.2, 0) is 4.79 Å². The minimum Gasteiger partial charge on any atom is -0.305 e. The summed E-state index contributed by atoms with van der Waals surface area (Å²) in [6, 6.07) is 17.9. The van der Waals surface area contributed by atoms with Gasteiger partial charge >= 0.3 is 0 Å². The number of carbonyl (C=O) groups is 2. The van der Waals surface area contributed by atoms with Gasteiger partial charge in [0.25, 0.3) is 5.91 Å². The summed E-state index contributed by atoms with van der Waals surface area (Å²) in [4.78, 5) is 33.1. The summed E-state index contributed by atoms with van der Waals surface area (Å²) in [7, 11) is 0. The molecule has 30 heavy (non-hydrogen) atoms. The third kappa shape index (κ3) is 3.56. The van der Waals surface area contributed by atoms with Gasteiger partial charge in [0.05, 0.1) is 17.8 Å². The molecule has 4 rings (SSSR count). The van der Waals surface area contributed by atoms with Gasteiger partial charge in [-0.25, -0.2) is 4.39 Å². The number of fused-ring (bicyclic) bond motifs is 1. The van der Waals surface area contributed by atoms with Crippen LogP contribution in [0.15, 0.2) is 73.1 Å². The second-order valence-electron chi connectivity index (χ2n) is 7.45. The number of para-hydroxylation sites is 2. The first-order chi connectivity index (χ1) is 14.5. The molecule has 2 heterocycles. The molecule has 0 saturated heterocycles. The van der Waals surface area contributed by atoms with E-state index in [1.165, 1.54) is 12.3 Å². The Morgan fingerprint density at radius 3 is 2.47 bits per heavy atom. The number of anilines is 2. The maximum atomic E-state index is 13.7. The molecule has 6 heteroatoms. The number of pyridine rings is 1. The summed E-state index contributed by atoms with van der Waals surface area (Å²) in [5.74, 6) is -0.930. The predicted molar refractivity (Wildman–Crippen MR) is 114 cm³/mol. The van der Waals surface area contributed by atoms with Crippen LogP contribution in [0, 0.1) is 5.82 Å². The number of rotatable bonds is 3. The fraction of sp³-hybridized carbons (Fsp3) is 0.208. The highest BCUT2D eigenvalue weighted by molar-refractivity contribution is 6.07. The van der Waals surface area contributed by atoms with Crippen molar-refractivity contribution in [3.8, 4) is 0 Å². The molecule has 0 bridgehead atoms. The average molecular weight is 403 g/mol. The minimum absolute atomic E-state index is 0.0673. The lowest BCUT2D eigenvalue weighted by atomic mass is 9.89. The van der Waals surface area contributed by atoms with Crippen molar-refractivity contribution >= 4 is 23.2 Å². The van der Waals surface area contributed by atoms with Gasteiger partial charge in [-0.15, -0.1) is 0 Å². The van der Waals surface area contributed by atoms with Crippen molar-refractivity contribution in [2.24, 2.45) is 0 Å². The fourth-order valence-electron chi connectivity index (χ4n) is 4.17. The predicted octanol–water partition coefficient (Wildman–Crippen LogP) is 4.75. The molecule has 0 spiro atoms. The smallest absolute Gasteiger partial charge is 0.260 e. The van der Waals surface area contributed by atoms with E-state index in [0.717, 1.165) is 23.1 Å². The number of hydrogen-bond acceptors (Lipinski definition) is 3. The molecule has 152 valence electrons. The molecular formula is C24H22FN3O2. The molecule has 2 aromatic carbocycles. The van der Waals surface area contributed by atoms with Crippen LogP contribution in [0.1, 0.15) is 42.2 Å². The van der Waals surface area contributed by atoms with E-state index in [-0.39, 0.29) is 29.5 Å². The highest BCUT2D eigenvalue weighted by atomic mass is 19.1. The van der Waals surface area contributed by atoms with Crippen molar-refractivity contribution in [2.45, 2.75) is 32.4 Å². The minimum atomic E-state index is -0.552. The molecule has 1 aromatic heterocycles. The second kappa shape index (κ2) is 8.06. The highest BCUT2D eigenvalue weighted by Crippen LogP contribution is 2.42. The van der Waals surface area contributed by atoms with E-state index < -0.39 is 5.82 Å². The molecular weight excluding hydrogens is 381 g/mol. The molecule has 1 aliphatic rings. The zero-order valence-corrected chi connectivity index (χ0v) is 16.8. The highest BCUT2D eigenvalue weighted by Gasteiger charge is 2.38. The maximum Gasteiger partial charge on any atom is 0.260 e. The number of benzene rings is 2. The Morgan fingerprint density at radius 1 is 1.07 bits per heavy atom. The zero-order valence-electron chi connectivity index (χ0n) is 16.8. The fourth-order valence-corrected chi connectivity index (χ4v) is 4.17. The first-order valence-corrected chi connectivity index (χ1v) is 9.85. The van der Waals surface area contributed by atoms with Crippen LogP contribution in [0.4, 0.5) is 15.8 Å². The molecule has 2 atom stereocenters. The number of amides is 2. The molecule has 0 fully saturated rings. The van der Waals surface area contributed by atoms with Crippen LogP contribution < -0.4 is 9.80 Å². The van der Waals surface area contributed by atoms with Crippen molar-refractivity contribution in [3.05, 3.63) is 90.0 Å². The molecule has 0 aliphatic carbocycles. The number of halogens is 1. The van der Waals surface area contributed by atoms with E-state index in [2.05, 4.69) is 4.98 Å². The van der Waals surface area contributed by atoms with Crippen molar-refractivity contribution in [1.29, 1.82) is 0 Å². The second-order valence-corrected chi connectivity index (χ2v) is 7.45. The number of nitrogens with zero attached hydrogens (tertiary/aromatic N) is 3. The largest absolute Gasteiger partial charge is 0.305 e. The van der Waals surface area contributed by atoms with Crippen molar-refractivity contribution in [1.82, 2.24) is 4.98 Å². The van der Waals surface area contributed by atoms with E-state index in [0.29, 0.717) is 6.42 Å². The van der Waals surface area contributed by atoms with Crippen LogP contribution in [0.2, 0.25) is 0 Å². The van der Waals surface area contributed by atoms with E-state index in [9.17, 15) is 14.0 Å². The van der Waals surface area contributed by atoms with Crippen molar-refractivity contribution in [3.63, 3.8) is 0 Å². The summed E-state index contributed by atoms with van der Waals surface area (Å²) in [6.45, 7) is 3.49. The van der Waals surface area contributed by atoms with Crippen LogP contribution in [0.5, 0.6) is 0 Å². The molecule has 0 saturated carbocycles. The monoisotopic (exact) mass is 403 g/mol. The number of hydrogen-bond donors (Lipinski definition) is 0. The summed E-state index contributed by atoms with van der Waals surface area (Å²) in [5, 5.41) is 0. The van der Waals surface area contributed by atoms with Crippen LogP contribution in [0.25, 0.3) is 0 Å². The Labute approximate surface area is 174 Å². The maximum absolute atomic E-state index is 13.7. The van der Waals surface area contributed by atoms with Gasteiger partial charge in [0.1, 0.15) is 5.82 Å². The Bertz CT molecular complexity index is 1090. The van der Waals surface area contributed by atoms with E-state index in [1.54, 1.807) is 16.7 Å². The number of carbonyl (C=O) groups excluding carboxylic acids is 2. The first-order valence-electron chi connectivity index (χ1n) is 9.85. The number of aromatic nitrogens is 1. The average Bonchev–Trinajstić information content (AvgIpc) is 2.74. The van der Waals surface area contributed by atoms with E-state index in [4.69, 9.17) is 0 Å². The summed E-state index contributed by atoms with van der Waals surface area (Å²) in [5.41, 5.74) is 2.61. The Kier molecular flexibility index (Phi) is 5.31. The van der Waals surface area contributed by atoms with Gasteiger partial charge in [0, 0.05) is 30.5 Å². The van der Waals surface area contributed by atoms with Gasteiger partial charge < -0.3 is 9.80 Å². The topological polar surface area (TPSA) is 53.5 Å². The lowest BCUT2D eigenvalue weighted by Crippen LogP contribution is -2.47. The summed E-state index contributed by atoms with van der Waals surface area (Å²) >= 11 is 0. The molecule has 3 aromatic rings. The van der Waals surface area contributed by atoms with Crippen LogP contribution in [-0.4, -0.2) is 22.8 Å². The van der Waals surface area contributed by atoms with E-state index in [1.807, 2.05) is 61.5 Å². The van der Waals surface area contributed by atoms with Gasteiger partial charge in [-0.1, -0.05) is 36.4 Å². The molecule has 1 aliphatic heterocycles. The standard InChI is InChI=1S/C24H22FN3O2/c1-16-12-23(28(17(2)29)20-8-4-3-5-9-20)21-10-6-7-11-22(21)27(16)24(30)18-13-19(25)15-26-14-18/h3-11,13-16,23H,12H2,1-2H3. The Hall–Kier alpha value is -3.54. The molecule has 0 radical (unpaired) electrons. The zero-order chi connectivity index (χ0) is 21.3. The van der Waals surface area contributed by atoms with Crippen LogP contribution in [0.3, 0.4) is 0 Å². The van der Waals surface area contributed by atoms with Crippen LogP contribution >= 0.6 is 0 Å². The Morgan fingerprint density at radius 2 is 1.77 bits per heavy atom. The summed E-state index contributed by atoms with van der Waals surface area (Å²) < 4.78 is 13.7. The molecule has 5 nitrogen and oxygen atoms in total. The first kappa shape index (κ1) is 19.8. The lowest BCUT2D eigenvalue weighted by Gasteiger charge is -2.43.